The van der Waals surface area contributed by atoms with E-state index in [0.29, 0.717) is 47.0 Å². The molecule has 3 aliphatic rings. The van der Waals surface area contributed by atoms with Gasteiger partial charge in [0, 0.05) is 34.9 Å². The largest absolute Gasteiger partial charge is 0.508 e. The fourth-order valence-electron chi connectivity index (χ4n) is 7.47. The second-order valence-electron chi connectivity index (χ2n) is 13.0. The number of aliphatic hydroxyl groups is 2. The van der Waals surface area contributed by atoms with Crippen LogP contribution in [0, 0.1) is 11.8 Å². The van der Waals surface area contributed by atoms with Crippen molar-refractivity contribution < 1.29 is 39.4 Å². The first-order valence-corrected chi connectivity index (χ1v) is 16.6. The molecule has 246 valence electrons. The van der Waals surface area contributed by atoms with Gasteiger partial charge >= 0.3 is 0 Å². The Morgan fingerprint density at radius 2 is 1.51 bits per heavy atom. The van der Waals surface area contributed by atoms with Gasteiger partial charge in [0.1, 0.15) is 34.5 Å². The topological polar surface area (TPSA) is 118 Å². The number of aromatic hydroxyl groups is 2. The first kappa shape index (κ1) is 31.2. The van der Waals surface area contributed by atoms with E-state index in [9.17, 15) is 20.4 Å². The summed E-state index contributed by atoms with van der Waals surface area (Å²) in [4.78, 5) is 0. The predicted molar refractivity (Wildman–Crippen MR) is 178 cm³/mol. The van der Waals surface area contributed by atoms with Gasteiger partial charge in [-0.05, 0) is 109 Å². The number of methoxy groups -OCH3 is 1. The zero-order valence-electron chi connectivity index (χ0n) is 26.8. The molecule has 1 saturated carbocycles. The van der Waals surface area contributed by atoms with Crippen LogP contribution in [0.5, 0.6) is 34.5 Å². The van der Waals surface area contributed by atoms with Gasteiger partial charge in [-0.25, -0.2) is 0 Å². The van der Waals surface area contributed by atoms with E-state index in [1.807, 2.05) is 37.3 Å². The minimum atomic E-state index is -0.943. The molecule has 2 aliphatic heterocycles. The number of phenols is 2. The second-order valence-corrected chi connectivity index (χ2v) is 13.0. The van der Waals surface area contributed by atoms with Gasteiger partial charge in [-0.15, -0.1) is 0 Å². The Morgan fingerprint density at radius 3 is 2.26 bits per heavy atom. The summed E-state index contributed by atoms with van der Waals surface area (Å²) in [7, 11) is 1.58. The Morgan fingerprint density at radius 1 is 0.766 bits per heavy atom. The fourth-order valence-corrected chi connectivity index (χ4v) is 7.47. The van der Waals surface area contributed by atoms with Gasteiger partial charge in [-0.1, -0.05) is 19.1 Å². The third kappa shape index (κ3) is 6.08. The van der Waals surface area contributed by atoms with Crippen LogP contribution in [0.3, 0.4) is 0 Å². The van der Waals surface area contributed by atoms with Crippen molar-refractivity contribution in [1.29, 1.82) is 0 Å². The first-order valence-electron chi connectivity index (χ1n) is 16.6. The molecule has 0 bridgehead atoms. The molecule has 1 fully saturated rings. The summed E-state index contributed by atoms with van der Waals surface area (Å²) >= 11 is 0. The number of hydrogen-bond donors (Lipinski definition) is 4. The lowest BCUT2D eigenvalue weighted by atomic mass is 9.77. The van der Waals surface area contributed by atoms with Crippen LogP contribution in [0.15, 0.2) is 66.7 Å². The summed E-state index contributed by atoms with van der Waals surface area (Å²) in [5.74, 6) is 1.99. The SMILES string of the molecule is CCc1cc(-c2cccc(O)c2)c(Cc2cc(OC3CCCC3)cc3c2OCC(C2COc4ccc(OC)cc4C2O)C3O)cc1O. The molecule has 8 nitrogen and oxygen atoms in total. The lowest BCUT2D eigenvalue weighted by Gasteiger charge is -2.40. The molecule has 7 rings (SSSR count). The number of aliphatic hydroxyl groups excluding tert-OH is 2. The zero-order valence-corrected chi connectivity index (χ0v) is 26.8. The van der Waals surface area contributed by atoms with Crippen LogP contribution in [-0.4, -0.2) is 46.9 Å². The number of ether oxygens (including phenoxy) is 4. The van der Waals surface area contributed by atoms with Crippen molar-refractivity contribution in [2.45, 2.75) is 63.8 Å². The molecule has 4 N–H and O–H groups in total. The van der Waals surface area contributed by atoms with Crippen LogP contribution >= 0.6 is 0 Å². The summed E-state index contributed by atoms with van der Waals surface area (Å²) in [6, 6.07) is 20.1. The maximum Gasteiger partial charge on any atom is 0.128 e. The average Bonchev–Trinajstić information content (AvgIpc) is 3.59. The number of rotatable bonds is 8. The van der Waals surface area contributed by atoms with E-state index in [2.05, 4.69) is 0 Å². The molecule has 0 spiro atoms. The van der Waals surface area contributed by atoms with Crippen LogP contribution in [0.25, 0.3) is 11.1 Å². The van der Waals surface area contributed by atoms with Gasteiger partial charge in [0.2, 0.25) is 0 Å². The molecule has 4 atom stereocenters. The lowest BCUT2D eigenvalue weighted by Crippen LogP contribution is -2.40. The van der Waals surface area contributed by atoms with Crippen LogP contribution in [-0.2, 0) is 12.8 Å². The highest BCUT2D eigenvalue weighted by Gasteiger charge is 2.43. The Hall–Kier alpha value is -4.40. The Labute approximate surface area is 275 Å². The normalized spacial score (nSPS) is 22.1. The third-order valence-electron chi connectivity index (χ3n) is 10.1. The summed E-state index contributed by atoms with van der Waals surface area (Å²) < 4.78 is 24.4. The van der Waals surface area contributed by atoms with Crippen molar-refractivity contribution in [1.82, 2.24) is 0 Å². The summed E-state index contributed by atoms with van der Waals surface area (Å²) in [6.45, 7) is 2.42. The average molecular weight is 639 g/mol. The molecular weight excluding hydrogens is 596 g/mol. The standard InChI is InChI=1S/C39H42O8/c1-3-22-16-30(23-7-6-8-26(40)14-23)24(17-35(22)41)13-25-15-29(47-27-9-4-5-10-27)19-32-38(43)34(21-46-39(25)32)33-20-45-36-12-11-28(44-2)18-31(36)37(33)42/h6-8,11-12,14-19,27,33-34,37-38,40-43H,3-5,9-10,13,20-21H2,1-2H3. The minimum Gasteiger partial charge on any atom is -0.508 e. The highest BCUT2D eigenvalue weighted by Crippen LogP contribution is 2.49. The van der Waals surface area contributed by atoms with Crippen LogP contribution in [0.2, 0.25) is 0 Å². The van der Waals surface area contributed by atoms with Gasteiger partial charge < -0.3 is 39.4 Å². The fraction of sp³-hybridized carbons (Fsp3) is 0.385. The molecule has 1 aliphatic carbocycles. The van der Waals surface area contributed by atoms with Gasteiger partial charge in [-0.3, -0.25) is 0 Å². The van der Waals surface area contributed by atoms with Crippen molar-refractivity contribution in [2.24, 2.45) is 11.8 Å². The number of benzene rings is 4. The minimum absolute atomic E-state index is 0.106. The smallest absolute Gasteiger partial charge is 0.128 e. The molecule has 4 aromatic rings. The van der Waals surface area contributed by atoms with E-state index < -0.39 is 24.0 Å². The van der Waals surface area contributed by atoms with Gasteiger partial charge in [0.25, 0.3) is 0 Å². The van der Waals surface area contributed by atoms with E-state index in [1.54, 1.807) is 43.5 Å². The van der Waals surface area contributed by atoms with Crippen molar-refractivity contribution >= 4 is 0 Å². The quantitative estimate of drug-likeness (QED) is 0.163. The van der Waals surface area contributed by atoms with Crippen molar-refractivity contribution in [3.63, 3.8) is 0 Å². The number of aryl methyl sites for hydroxylation is 1. The summed E-state index contributed by atoms with van der Waals surface area (Å²) in [6.07, 6.45) is 3.55. The third-order valence-corrected chi connectivity index (χ3v) is 10.1. The molecule has 0 saturated heterocycles. The van der Waals surface area contributed by atoms with Gasteiger partial charge in [0.05, 0.1) is 38.6 Å². The van der Waals surface area contributed by atoms with E-state index in [-0.39, 0.29) is 30.8 Å². The van der Waals surface area contributed by atoms with Crippen LogP contribution < -0.4 is 18.9 Å². The van der Waals surface area contributed by atoms with E-state index >= 15 is 0 Å². The summed E-state index contributed by atoms with van der Waals surface area (Å²) in [5.41, 5.74) is 5.48. The van der Waals surface area contributed by atoms with Crippen molar-refractivity contribution in [2.75, 3.05) is 20.3 Å². The second kappa shape index (κ2) is 13.0. The molecular formula is C39H42O8. The van der Waals surface area contributed by atoms with Gasteiger partial charge in [0.15, 0.2) is 0 Å². The zero-order chi connectivity index (χ0) is 32.7. The Balaban J connectivity index is 1.27. The molecule has 47 heavy (non-hydrogen) atoms. The first-order chi connectivity index (χ1) is 22.8. The number of fused-ring (bicyclic) bond motifs is 2. The Kier molecular flexibility index (Phi) is 8.64. The maximum atomic E-state index is 12.0. The molecule has 0 aromatic heterocycles. The molecule has 4 unspecified atom stereocenters. The van der Waals surface area contributed by atoms with E-state index in [0.717, 1.165) is 53.5 Å². The number of hydrogen-bond acceptors (Lipinski definition) is 8. The molecule has 0 amide bonds. The van der Waals surface area contributed by atoms with E-state index in [1.165, 1.54) is 0 Å². The molecule has 2 heterocycles. The van der Waals surface area contributed by atoms with Crippen molar-refractivity contribution in [3.8, 4) is 45.6 Å². The predicted octanol–water partition coefficient (Wildman–Crippen LogP) is 7.03. The van der Waals surface area contributed by atoms with Crippen LogP contribution in [0.4, 0.5) is 0 Å². The molecule has 0 radical (unpaired) electrons. The summed E-state index contributed by atoms with van der Waals surface area (Å²) in [5, 5.41) is 44.7. The maximum absolute atomic E-state index is 12.0. The Bertz CT molecular complexity index is 1760. The van der Waals surface area contributed by atoms with E-state index in [4.69, 9.17) is 18.9 Å². The highest BCUT2D eigenvalue weighted by atomic mass is 16.5. The number of phenolic OH excluding ortho intramolecular Hbond substituents is 2. The van der Waals surface area contributed by atoms with Gasteiger partial charge in [-0.2, -0.15) is 0 Å². The van der Waals surface area contributed by atoms with Crippen molar-refractivity contribution in [3.05, 3.63) is 94.5 Å². The van der Waals surface area contributed by atoms with Crippen LogP contribution in [0.1, 0.15) is 72.6 Å². The molecule has 4 aromatic carbocycles. The molecule has 8 heteroatoms. The lowest BCUT2D eigenvalue weighted by molar-refractivity contribution is -0.0554. The highest BCUT2D eigenvalue weighted by molar-refractivity contribution is 5.72. The monoisotopic (exact) mass is 638 g/mol.